The molecule has 2 aromatic heterocycles. The van der Waals surface area contributed by atoms with Gasteiger partial charge in [-0.15, -0.1) is 11.3 Å². The van der Waals surface area contributed by atoms with Gasteiger partial charge < -0.3 is 15.3 Å². The topological polar surface area (TPSA) is 70.4 Å². The zero-order chi connectivity index (χ0) is 18.1. The van der Waals surface area contributed by atoms with Crippen LogP contribution >= 0.6 is 11.3 Å². The number of likely N-dealkylation sites (tertiary alicyclic amines) is 1. The Morgan fingerprint density at radius 1 is 1.50 bits per heavy atom. The molecule has 26 heavy (non-hydrogen) atoms. The summed E-state index contributed by atoms with van der Waals surface area (Å²) >= 11 is 1.58. The summed E-state index contributed by atoms with van der Waals surface area (Å²) in [5, 5.41) is 20.1. The van der Waals surface area contributed by atoms with Gasteiger partial charge in [0.25, 0.3) is 0 Å². The third kappa shape index (κ3) is 3.43. The van der Waals surface area contributed by atoms with Crippen molar-refractivity contribution in [2.45, 2.75) is 37.3 Å². The van der Waals surface area contributed by atoms with Crippen molar-refractivity contribution in [2.75, 3.05) is 19.6 Å². The minimum Gasteiger partial charge on any atom is -0.387 e. The van der Waals surface area contributed by atoms with E-state index < -0.39 is 6.10 Å². The zero-order valence-corrected chi connectivity index (χ0v) is 15.9. The van der Waals surface area contributed by atoms with Gasteiger partial charge in [0.2, 0.25) is 5.91 Å². The molecule has 2 aliphatic heterocycles. The van der Waals surface area contributed by atoms with Crippen molar-refractivity contribution in [1.82, 2.24) is 20.0 Å². The second kappa shape index (κ2) is 7.50. The number of hydrogen-bond donors (Lipinski definition) is 2. The van der Waals surface area contributed by atoms with E-state index in [4.69, 9.17) is 0 Å². The molecule has 140 valence electrons. The third-order valence-electron chi connectivity index (χ3n) is 5.71. The number of carbonyl (C=O) groups is 1. The average Bonchev–Trinajstić information content (AvgIpc) is 3.40. The summed E-state index contributed by atoms with van der Waals surface area (Å²) in [6, 6.07) is 4.06. The van der Waals surface area contributed by atoms with Gasteiger partial charge in [-0.3, -0.25) is 9.48 Å². The molecule has 0 aliphatic carbocycles. The van der Waals surface area contributed by atoms with Crippen molar-refractivity contribution in [3.05, 3.63) is 40.3 Å². The second-order valence-corrected chi connectivity index (χ2v) is 8.39. The number of nitrogens with zero attached hydrogens (tertiary/aromatic N) is 3. The highest BCUT2D eigenvalue weighted by Gasteiger charge is 2.40. The van der Waals surface area contributed by atoms with Crippen LogP contribution in [0.4, 0.5) is 0 Å². The van der Waals surface area contributed by atoms with Gasteiger partial charge in [0, 0.05) is 49.7 Å². The van der Waals surface area contributed by atoms with Crippen molar-refractivity contribution in [3.8, 4) is 0 Å². The summed E-state index contributed by atoms with van der Waals surface area (Å²) in [7, 11) is 1.91. The number of thiophene rings is 1. The van der Waals surface area contributed by atoms with Gasteiger partial charge in [0.1, 0.15) is 0 Å². The van der Waals surface area contributed by atoms with Crippen LogP contribution in [0.5, 0.6) is 0 Å². The first-order chi connectivity index (χ1) is 12.6. The standard InChI is InChI=1S/C19H26N4O2S/c1-22-12-13(9-21-22)15-10-20-11-16(15)19(25)23-6-2-4-14(23)8-17(24)18-5-3-7-26-18/h3,5,7,9,12,14-17,20,24H,2,4,6,8,10-11H2,1H3/t14?,15-,16+,17?/m1/s1. The molecule has 1 amide bonds. The smallest absolute Gasteiger partial charge is 0.227 e. The van der Waals surface area contributed by atoms with E-state index in [2.05, 4.69) is 10.4 Å². The predicted molar refractivity (Wildman–Crippen MR) is 101 cm³/mol. The average molecular weight is 375 g/mol. The zero-order valence-electron chi connectivity index (χ0n) is 15.0. The Labute approximate surface area is 157 Å². The maximum absolute atomic E-state index is 13.3. The Hall–Kier alpha value is -1.70. The molecule has 4 atom stereocenters. The summed E-state index contributed by atoms with van der Waals surface area (Å²) in [6.07, 6.45) is 6.03. The molecule has 2 aromatic rings. The fraction of sp³-hybridized carbons (Fsp3) is 0.579. The summed E-state index contributed by atoms with van der Waals surface area (Å²) in [5.41, 5.74) is 1.13. The van der Waals surface area contributed by atoms with Crippen LogP contribution in [0.25, 0.3) is 0 Å². The normalized spacial score (nSPS) is 27.2. The highest BCUT2D eigenvalue weighted by atomic mass is 32.1. The molecule has 0 saturated carbocycles. The van der Waals surface area contributed by atoms with E-state index in [-0.39, 0.29) is 23.8 Å². The van der Waals surface area contributed by atoms with E-state index in [0.29, 0.717) is 6.42 Å². The van der Waals surface area contributed by atoms with Crippen LogP contribution in [-0.2, 0) is 11.8 Å². The molecule has 0 aromatic carbocycles. The van der Waals surface area contributed by atoms with Crippen molar-refractivity contribution in [1.29, 1.82) is 0 Å². The molecule has 0 radical (unpaired) electrons. The second-order valence-electron chi connectivity index (χ2n) is 7.41. The highest BCUT2D eigenvalue weighted by molar-refractivity contribution is 7.10. The van der Waals surface area contributed by atoms with Gasteiger partial charge in [-0.2, -0.15) is 5.10 Å². The quantitative estimate of drug-likeness (QED) is 0.839. The van der Waals surface area contributed by atoms with Crippen LogP contribution < -0.4 is 5.32 Å². The van der Waals surface area contributed by atoms with Gasteiger partial charge in [0.15, 0.2) is 0 Å². The molecule has 2 saturated heterocycles. The van der Waals surface area contributed by atoms with Crippen LogP contribution in [0.15, 0.2) is 29.9 Å². The lowest BCUT2D eigenvalue weighted by atomic mass is 9.89. The Morgan fingerprint density at radius 3 is 3.12 bits per heavy atom. The number of aliphatic hydroxyl groups excluding tert-OH is 1. The Morgan fingerprint density at radius 2 is 2.38 bits per heavy atom. The highest BCUT2D eigenvalue weighted by Crippen LogP contribution is 2.34. The number of hydrogen-bond acceptors (Lipinski definition) is 5. The maximum atomic E-state index is 13.3. The number of aliphatic hydroxyl groups is 1. The van der Waals surface area contributed by atoms with Crippen LogP contribution in [0, 0.1) is 5.92 Å². The first-order valence-electron chi connectivity index (χ1n) is 9.34. The van der Waals surface area contributed by atoms with Crippen LogP contribution in [0.3, 0.4) is 0 Å². The maximum Gasteiger partial charge on any atom is 0.227 e. The summed E-state index contributed by atoms with van der Waals surface area (Å²) in [4.78, 5) is 16.3. The molecular weight excluding hydrogens is 348 g/mol. The molecular formula is C19H26N4O2S. The monoisotopic (exact) mass is 374 g/mol. The summed E-state index contributed by atoms with van der Waals surface area (Å²) in [6.45, 7) is 2.34. The Balaban J connectivity index is 1.46. The number of rotatable bonds is 5. The van der Waals surface area contributed by atoms with E-state index in [1.165, 1.54) is 0 Å². The minimum absolute atomic E-state index is 0.0429. The molecule has 0 bridgehead atoms. The SMILES string of the molecule is Cn1cc([C@H]2CNC[C@@H]2C(=O)N2CCCC2CC(O)c2cccs2)cn1. The summed E-state index contributed by atoms with van der Waals surface area (Å²) < 4.78 is 1.80. The van der Waals surface area contributed by atoms with Crippen LogP contribution in [0.2, 0.25) is 0 Å². The molecule has 0 spiro atoms. The number of carbonyl (C=O) groups excluding carboxylic acids is 1. The first-order valence-corrected chi connectivity index (χ1v) is 10.2. The first kappa shape index (κ1) is 17.7. The molecule has 7 heteroatoms. The van der Waals surface area contributed by atoms with Gasteiger partial charge in [0.05, 0.1) is 18.2 Å². The van der Waals surface area contributed by atoms with Gasteiger partial charge in [-0.1, -0.05) is 6.07 Å². The number of nitrogens with one attached hydrogen (secondary N) is 1. The Kier molecular flexibility index (Phi) is 5.11. The molecule has 4 heterocycles. The number of aromatic nitrogens is 2. The van der Waals surface area contributed by atoms with Crippen molar-refractivity contribution in [3.63, 3.8) is 0 Å². The van der Waals surface area contributed by atoms with Crippen molar-refractivity contribution in [2.24, 2.45) is 13.0 Å². The number of amides is 1. The molecule has 6 nitrogen and oxygen atoms in total. The van der Waals surface area contributed by atoms with E-state index in [9.17, 15) is 9.90 Å². The van der Waals surface area contributed by atoms with Crippen molar-refractivity contribution < 1.29 is 9.90 Å². The molecule has 2 fully saturated rings. The fourth-order valence-corrected chi connectivity index (χ4v) is 5.08. The van der Waals surface area contributed by atoms with Crippen LogP contribution in [-0.4, -0.2) is 51.4 Å². The van der Waals surface area contributed by atoms with E-state index in [0.717, 1.165) is 42.9 Å². The minimum atomic E-state index is -0.482. The van der Waals surface area contributed by atoms with E-state index >= 15 is 0 Å². The van der Waals surface area contributed by atoms with E-state index in [1.807, 2.05) is 41.9 Å². The van der Waals surface area contributed by atoms with Gasteiger partial charge >= 0.3 is 0 Å². The lowest BCUT2D eigenvalue weighted by Gasteiger charge is -2.30. The summed E-state index contributed by atoms with van der Waals surface area (Å²) in [5.74, 6) is 0.364. The van der Waals surface area contributed by atoms with Gasteiger partial charge in [-0.25, -0.2) is 0 Å². The lowest BCUT2D eigenvalue weighted by Crippen LogP contribution is -2.42. The molecule has 2 unspecified atom stereocenters. The molecule has 2 N–H and O–H groups in total. The Bertz CT molecular complexity index is 745. The number of aryl methyl sites for hydroxylation is 1. The fourth-order valence-electron chi connectivity index (χ4n) is 4.36. The predicted octanol–water partition coefficient (Wildman–Crippen LogP) is 1.90. The molecule has 2 aliphatic rings. The lowest BCUT2D eigenvalue weighted by molar-refractivity contribution is -0.136. The van der Waals surface area contributed by atoms with Crippen molar-refractivity contribution >= 4 is 17.2 Å². The largest absolute Gasteiger partial charge is 0.387 e. The molecule has 4 rings (SSSR count). The van der Waals surface area contributed by atoms with Gasteiger partial charge in [-0.05, 0) is 36.3 Å². The van der Waals surface area contributed by atoms with Crippen LogP contribution in [0.1, 0.15) is 41.7 Å². The van der Waals surface area contributed by atoms with E-state index in [1.54, 1.807) is 16.0 Å². The third-order valence-corrected chi connectivity index (χ3v) is 6.69.